The second-order valence-electron chi connectivity index (χ2n) is 4.17. The summed E-state index contributed by atoms with van der Waals surface area (Å²) >= 11 is 6.01. The number of benzene rings is 2. The SMILES string of the molecule is COc1ccc(COc2ccc(CO)cc2Cl)c(F)c1. The molecule has 0 spiro atoms. The molecule has 0 fully saturated rings. The van der Waals surface area contributed by atoms with Crippen molar-refractivity contribution >= 4 is 11.6 Å². The van der Waals surface area contributed by atoms with Crippen molar-refractivity contribution < 1.29 is 19.0 Å². The fourth-order valence-corrected chi connectivity index (χ4v) is 1.95. The molecule has 5 heteroatoms. The smallest absolute Gasteiger partial charge is 0.138 e. The second kappa shape index (κ2) is 6.59. The van der Waals surface area contributed by atoms with Crippen LogP contribution in [0.25, 0.3) is 0 Å². The zero-order valence-electron chi connectivity index (χ0n) is 10.9. The van der Waals surface area contributed by atoms with Crippen molar-refractivity contribution in [3.63, 3.8) is 0 Å². The van der Waals surface area contributed by atoms with Crippen LogP contribution < -0.4 is 9.47 Å². The minimum Gasteiger partial charge on any atom is -0.497 e. The number of methoxy groups -OCH3 is 1. The molecule has 0 unspecified atom stereocenters. The minimum atomic E-state index is -0.396. The lowest BCUT2D eigenvalue weighted by Crippen LogP contribution is -2.00. The fourth-order valence-electron chi connectivity index (χ4n) is 1.69. The molecule has 0 bridgehead atoms. The molecule has 1 N–H and O–H groups in total. The molecule has 106 valence electrons. The summed E-state index contributed by atoms with van der Waals surface area (Å²) in [7, 11) is 1.48. The lowest BCUT2D eigenvalue weighted by molar-refractivity contribution is 0.280. The number of aliphatic hydroxyl groups excluding tert-OH is 1. The van der Waals surface area contributed by atoms with E-state index in [-0.39, 0.29) is 13.2 Å². The Bertz CT molecular complexity index is 548. The van der Waals surface area contributed by atoms with Gasteiger partial charge in [0.2, 0.25) is 0 Å². The van der Waals surface area contributed by atoms with Crippen molar-refractivity contribution in [1.82, 2.24) is 0 Å². The highest BCUT2D eigenvalue weighted by molar-refractivity contribution is 6.32. The number of halogens is 2. The van der Waals surface area contributed by atoms with Gasteiger partial charge in [-0.25, -0.2) is 4.39 Å². The summed E-state index contributed by atoms with van der Waals surface area (Å²) in [6.45, 7) is -0.0267. The third kappa shape index (κ3) is 3.40. The summed E-state index contributed by atoms with van der Waals surface area (Å²) in [5.74, 6) is 0.503. The van der Waals surface area contributed by atoms with E-state index in [1.54, 1.807) is 30.3 Å². The molecule has 3 nitrogen and oxygen atoms in total. The summed E-state index contributed by atoms with van der Waals surface area (Å²) in [6, 6.07) is 9.53. The van der Waals surface area contributed by atoms with Crippen molar-refractivity contribution in [2.24, 2.45) is 0 Å². The number of rotatable bonds is 5. The highest BCUT2D eigenvalue weighted by atomic mass is 35.5. The van der Waals surface area contributed by atoms with E-state index in [2.05, 4.69) is 0 Å². The van der Waals surface area contributed by atoms with Gasteiger partial charge in [0.15, 0.2) is 0 Å². The monoisotopic (exact) mass is 296 g/mol. The van der Waals surface area contributed by atoms with Crippen LogP contribution in [0.3, 0.4) is 0 Å². The normalized spacial score (nSPS) is 10.4. The molecule has 0 atom stereocenters. The maximum Gasteiger partial charge on any atom is 0.138 e. The molecular formula is C15H14ClFO3. The second-order valence-corrected chi connectivity index (χ2v) is 4.58. The molecule has 0 aliphatic heterocycles. The first-order chi connectivity index (χ1) is 9.63. The van der Waals surface area contributed by atoms with Crippen LogP contribution in [0.4, 0.5) is 4.39 Å². The van der Waals surface area contributed by atoms with Crippen LogP contribution in [-0.4, -0.2) is 12.2 Å². The zero-order chi connectivity index (χ0) is 14.5. The molecule has 0 saturated carbocycles. The Morgan fingerprint density at radius 3 is 2.60 bits per heavy atom. The molecule has 2 rings (SSSR count). The van der Waals surface area contributed by atoms with E-state index in [9.17, 15) is 4.39 Å². The van der Waals surface area contributed by atoms with Crippen LogP contribution in [0.15, 0.2) is 36.4 Å². The van der Waals surface area contributed by atoms with Gasteiger partial charge in [-0.05, 0) is 29.8 Å². The third-order valence-corrected chi connectivity index (χ3v) is 3.12. The molecule has 20 heavy (non-hydrogen) atoms. The standard InChI is InChI=1S/C15H14ClFO3/c1-19-12-4-3-11(14(17)7-12)9-20-15-5-2-10(8-18)6-13(15)16/h2-7,18H,8-9H2,1H3. The molecule has 0 aliphatic carbocycles. The summed E-state index contributed by atoms with van der Waals surface area (Å²) in [5.41, 5.74) is 1.10. The summed E-state index contributed by atoms with van der Waals surface area (Å²) in [5, 5.41) is 9.37. The van der Waals surface area contributed by atoms with Crippen molar-refractivity contribution in [2.45, 2.75) is 13.2 Å². The molecule has 0 aliphatic rings. The summed E-state index contributed by atoms with van der Waals surface area (Å²) < 4.78 is 24.1. The number of aliphatic hydroxyl groups is 1. The van der Waals surface area contributed by atoms with Crippen molar-refractivity contribution in [3.8, 4) is 11.5 Å². The van der Waals surface area contributed by atoms with E-state index in [1.807, 2.05) is 0 Å². The lowest BCUT2D eigenvalue weighted by Gasteiger charge is -2.10. The van der Waals surface area contributed by atoms with Crippen molar-refractivity contribution in [1.29, 1.82) is 0 Å². The van der Waals surface area contributed by atoms with Gasteiger partial charge in [0.25, 0.3) is 0 Å². The fraction of sp³-hybridized carbons (Fsp3) is 0.200. The molecule has 0 saturated heterocycles. The first-order valence-electron chi connectivity index (χ1n) is 5.98. The van der Waals surface area contributed by atoms with Crippen molar-refractivity contribution in [3.05, 3.63) is 58.4 Å². The predicted molar refractivity (Wildman–Crippen MR) is 74.7 cm³/mol. The van der Waals surface area contributed by atoms with E-state index in [1.165, 1.54) is 13.2 Å². The maximum atomic E-state index is 13.7. The zero-order valence-corrected chi connectivity index (χ0v) is 11.7. The Morgan fingerprint density at radius 2 is 2.00 bits per heavy atom. The first kappa shape index (κ1) is 14.6. The highest BCUT2D eigenvalue weighted by Crippen LogP contribution is 2.27. The van der Waals surface area contributed by atoms with Crippen molar-refractivity contribution in [2.75, 3.05) is 7.11 Å². The molecule has 2 aromatic rings. The number of ether oxygens (including phenoxy) is 2. The third-order valence-electron chi connectivity index (χ3n) is 2.82. The number of hydrogen-bond acceptors (Lipinski definition) is 3. The Hall–Kier alpha value is -1.78. The molecule has 0 aromatic heterocycles. The maximum absolute atomic E-state index is 13.7. The van der Waals surface area contributed by atoms with Gasteiger partial charge in [-0.3, -0.25) is 0 Å². The van der Waals surface area contributed by atoms with Gasteiger partial charge in [0.1, 0.15) is 23.9 Å². The quantitative estimate of drug-likeness (QED) is 0.917. The minimum absolute atomic E-state index is 0.0635. The van der Waals surface area contributed by atoms with Gasteiger partial charge in [-0.2, -0.15) is 0 Å². The number of hydrogen-bond donors (Lipinski definition) is 1. The molecule has 0 amide bonds. The van der Waals surface area contributed by atoms with Gasteiger partial charge in [0, 0.05) is 11.6 Å². The lowest BCUT2D eigenvalue weighted by atomic mass is 10.2. The van der Waals surface area contributed by atoms with E-state index in [0.717, 1.165) is 0 Å². The molecule has 0 radical (unpaired) electrons. The van der Waals surface area contributed by atoms with Crippen LogP contribution in [0.5, 0.6) is 11.5 Å². The average molecular weight is 297 g/mol. The average Bonchev–Trinajstić information content (AvgIpc) is 2.46. The Balaban J connectivity index is 2.09. The van der Waals surface area contributed by atoms with Crippen LogP contribution in [0.2, 0.25) is 5.02 Å². The molecular weight excluding hydrogens is 283 g/mol. The first-order valence-corrected chi connectivity index (χ1v) is 6.36. The summed E-state index contributed by atoms with van der Waals surface area (Å²) in [4.78, 5) is 0. The van der Waals surface area contributed by atoms with Gasteiger partial charge >= 0.3 is 0 Å². The molecule has 0 heterocycles. The van der Waals surface area contributed by atoms with E-state index in [4.69, 9.17) is 26.2 Å². The van der Waals surface area contributed by atoms with Crippen LogP contribution in [0.1, 0.15) is 11.1 Å². The van der Waals surface area contributed by atoms with E-state index >= 15 is 0 Å². The summed E-state index contributed by atoms with van der Waals surface area (Å²) in [6.07, 6.45) is 0. The van der Waals surface area contributed by atoms with Gasteiger partial charge in [-0.1, -0.05) is 17.7 Å². The van der Waals surface area contributed by atoms with Gasteiger partial charge < -0.3 is 14.6 Å². The van der Waals surface area contributed by atoms with Gasteiger partial charge in [-0.15, -0.1) is 0 Å². The molecule has 2 aromatic carbocycles. The van der Waals surface area contributed by atoms with Crippen LogP contribution in [-0.2, 0) is 13.2 Å². The van der Waals surface area contributed by atoms with Crippen LogP contribution in [0, 0.1) is 5.82 Å². The van der Waals surface area contributed by atoms with Gasteiger partial charge in [0.05, 0.1) is 18.7 Å². The van der Waals surface area contributed by atoms with Crippen LogP contribution >= 0.6 is 11.6 Å². The predicted octanol–water partition coefficient (Wildman–Crippen LogP) is 3.56. The topological polar surface area (TPSA) is 38.7 Å². The Kier molecular flexibility index (Phi) is 4.82. The highest BCUT2D eigenvalue weighted by Gasteiger charge is 2.07. The van der Waals surface area contributed by atoms with E-state index < -0.39 is 5.82 Å². The Morgan fingerprint density at radius 1 is 1.20 bits per heavy atom. The largest absolute Gasteiger partial charge is 0.497 e. The van der Waals surface area contributed by atoms with E-state index in [0.29, 0.717) is 27.6 Å². The Labute approximate surface area is 121 Å².